The van der Waals surface area contributed by atoms with Crippen molar-refractivity contribution in [3.05, 3.63) is 75.8 Å². The Morgan fingerprint density at radius 2 is 1.88 bits per heavy atom. The first kappa shape index (κ1) is 17.1. The number of hydrogen-bond donors (Lipinski definition) is 2. The first-order valence-electron chi connectivity index (χ1n) is 7.69. The number of carbonyl (C=O) groups excluding carboxylic acids is 3. The highest BCUT2D eigenvalue weighted by molar-refractivity contribution is 6.07. The molecule has 2 aromatic rings. The first-order valence-corrected chi connectivity index (χ1v) is 7.69. The van der Waals surface area contributed by atoms with Crippen LogP contribution in [-0.4, -0.2) is 33.8 Å². The molecule has 3 rings (SSSR count). The summed E-state index contributed by atoms with van der Waals surface area (Å²) in [5, 5.41) is 13.9. The second-order valence-corrected chi connectivity index (χ2v) is 5.61. The van der Waals surface area contributed by atoms with Crippen LogP contribution in [0.4, 0.5) is 10.5 Å². The molecule has 0 saturated carbocycles. The molecule has 0 radical (unpaired) electrons. The molecular weight excluding hydrogens is 340 g/mol. The minimum Gasteiger partial charge on any atom is -0.324 e. The highest BCUT2D eigenvalue weighted by atomic mass is 16.6. The van der Waals surface area contributed by atoms with E-state index in [1.165, 1.54) is 18.2 Å². The number of rotatable bonds is 5. The molecule has 1 atom stereocenters. The minimum atomic E-state index is -0.796. The lowest BCUT2D eigenvalue weighted by Gasteiger charge is -2.14. The van der Waals surface area contributed by atoms with Crippen LogP contribution in [0, 0.1) is 10.1 Å². The third-order valence-corrected chi connectivity index (χ3v) is 3.83. The Bertz CT molecular complexity index is 884. The van der Waals surface area contributed by atoms with E-state index in [1.807, 2.05) is 30.3 Å². The fraction of sp³-hybridized carbons (Fsp3) is 0.118. The van der Waals surface area contributed by atoms with Crippen LogP contribution in [-0.2, 0) is 11.2 Å². The molecule has 1 aliphatic heterocycles. The summed E-state index contributed by atoms with van der Waals surface area (Å²) in [6.45, 7) is 0. The average Bonchev–Trinajstić information content (AvgIpc) is 2.90. The Morgan fingerprint density at radius 1 is 1.15 bits per heavy atom. The molecule has 132 valence electrons. The smallest absolute Gasteiger partial charge is 0.324 e. The standard InChI is InChI=1S/C17H14N4O5/c22-15(12-7-4-8-13(10-12)21(25)26)19-20-16(23)14(18-17(20)24)9-11-5-2-1-3-6-11/h1-8,10,14H,9H2,(H,18,24)(H,19,22). The molecule has 1 fully saturated rings. The SMILES string of the molecule is O=C(NN1C(=O)NC(Cc2ccccc2)C1=O)c1cccc([N+](=O)[O-])c1. The maximum absolute atomic E-state index is 12.4. The van der Waals surface area contributed by atoms with Crippen LogP contribution in [0.1, 0.15) is 15.9 Å². The number of hydrogen-bond acceptors (Lipinski definition) is 5. The molecule has 9 heteroatoms. The van der Waals surface area contributed by atoms with Crippen molar-refractivity contribution in [3.63, 3.8) is 0 Å². The van der Waals surface area contributed by atoms with Gasteiger partial charge in [-0.15, -0.1) is 0 Å². The summed E-state index contributed by atoms with van der Waals surface area (Å²) >= 11 is 0. The number of carbonyl (C=O) groups is 3. The zero-order valence-electron chi connectivity index (χ0n) is 13.4. The van der Waals surface area contributed by atoms with Gasteiger partial charge in [0.1, 0.15) is 6.04 Å². The topological polar surface area (TPSA) is 122 Å². The van der Waals surface area contributed by atoms with Gasteiger partial charge in [-0.3, -0.25) is 25.1 Å². The Hall–Kier alpha value is -3.75. The molecule has 0 bridgehead atoms. The normalized spacial score (nSPS) is 16.3. The van der Waals surface area contributed by atoms with E-state index in [9.17, 15) is 24.5 Å². The molecule has 1 heterocycles. The highest BCUT2D eigenvalue weighted by Gasteiger charge is 2.39. The van der Waals surface area contributed by atoms with Crippen LogP contribution in [0.15, 0.2) is 54.6 Å². The van der Waals surface area contributed by atoms with E-state index < -0.39 is 28.8 Å². The fourth-order valence-electron chi connectivity index (χ4n) is 2.55. The van der Waals surface area contributed by atoms with Crippen LogP contribution in [0.2, 0.25) is 0 Å². The number of urea groups is 1. The maximum atomic E-state index is 12.4. The van der Waals surface area contributed by atoms with E-state index >= 15 is 0 Å². The zero-order valence-corrected chi connectivity index (χ0v) is 13.4. The van der Waals surface area contributed by atoms with Crippen molar-refractivity contribution in [2.45, 2.75) is 12.5 Å². The van der Waals surface area contributed by atoms with Gasteiger partial charge in [0.2, 0.25) is 0 Å². The lowest BCUT2D eigenvalue weighted by molar-refractivity contribution is -0.384. The molecule has 0 spiro atoms. The van der Waals surface area contributed by atoms with Gasteiger partial charge in [0.15, 0.2) is 0 Å². The fourth-order valence-corrected chi connectivity index (χ4v) is 2.55. The minimum absolute atomic E-state index is 0.0358. The van der Waals surface area contributed by atoms with E-state index in [2.05, 4.69) is 10.7 Å². The summed E-state index contributed by atoms with van der Waals surface area (Å²) < 4.78 is 0. The quantitative estimate of drug-likeness (QED) is 0.477. The summed E-state index contributed by atoms with van der Waals surface area (Å²) in [5.74, 6) is -1.39. The number of imide groups is 1. The molecule has 2 aromatic carbocycles. The zero-order chi connectivity index (χ0) is 18.7. The molecule has 9 nitrogen and oxygen atoms in total. The Labute approximate surface area is 147 Å². The molecule has 0 aliphatic carbocycles. The van der Waals surface area contributed by atoms with Crippen molar-refractivity contribution < 1.29 is 19.3 Å². The third kappa shape index (κ3) is 3.51. The monoisotopic (exact) mass is 354 g/mol. The van der Waals surface area contributed by atoms with Crippen molar-refractivity contribution in [3.8, 4) is 0 Å². The van der Waals surface area contributed by atoms with Crippen LogP contribution >= 0.6 is 0 Å². The van der Waals surface area contributed by atoms with Crippen molar-refractivity contribution in [2.75, 3.05) is 0 Å². The van der Waals surface area contributed by atoms with E-state index in [0.717, 1.165) is 11.6 Å². The highest BCUT2D eigenvalue weighted by Crippen LogP contribution is 2.14. The Balaban J connectivity index is 1.70. The second-order valence-electron chi connectivity index (χ2n) is 5.61. The summed E-state index contributed by atoms with van der Waals surface area (Å²) in [6.07, 6.45) is 0.286. The summed E-state index contributed by atoms with van der Waals surface area (Å²) in [7, 11) is 0. The molecule has 0 aromatic heterocycles. The van der Waals surface area contributed by atoms with E-state index in [0.29, 0.717) is 5.01 Å². The number of nitro groups is 1. The predicted molar refractivity (Wildman–Crippen MR) is 89.9 cm³/mol. The van der Waals surface area contributed by atoms with Gasteiger partial charge in [-0.2, -0.15) is 5.01 Å². The van der Waals surface area contributed by atoms with Gasteiger partial charge < -0.3 is 5.32 Å². The maximum Gasteiger partial charge on any atom is 0.344 e. The summed E-state index contributed by atoms with van der Waals surface area (Å²) in [5.41, 5.74) is 2.74. The number of hydrazine groups is 1. The van der Waals surface area contributed by atoms with Gasteiger partial charge >= 0.3 is 6.03 Å². The number of nitrogens with one attached hydrogen (secondary N) is 2. The molecule has 1 unspecified atom stereocenters. The first-order chi connectivity index (χ1) is 12.5. The van der Waals surface area contributed by atoms with E-state index in [-0.39, 0.29) is 17.7 Å². The molecular formula is C17H14N4O5. The number of benzene rings is 2. The summed E-state index contributed by atoms with van der Waals surface area (Å²) in [4.78, 5) is 46.8. The largest absolute Gasteiger partial charge is 0.344 e. The Kier molecular flexibility index (Phi) is 4.61. The van der Waals surface area contributed by atoms with Gasteiger partial charge in [-0.05, 0) is 11.6 Å². The van der Waals surface area contributed by atoms with Crippen LogP contribution in [0.5, 0.6) is 0 Å². The molecule has 26 heavy (non-hydrogen) atoms. The van der Waals surface area contributed by atoms with Crippen molar-refractivity contribution in [1.29, 1.82) is 0 Å². The van der Waals surface area contributed by atoms with Gasteiger partial charge in [-0.1, -0.05) is 36.4 Å². The predicted octanol–water partition coefficient (Wildman–Crippen LogP) is 1.40. The number of nitrogens with zero attached hydrogens (tertiary/aromatic N) is 2. The third-order valence-electron chi connectivity index (χ3n) is 3.83. The van der Waals surface area contributed by atoms with Gasteiger partial charge in [-0.25, -0.2) is 4.79 Å². The van der Waals surface area contributed by atoms with Gasteiger partial charge in [0, 0.05) is 24.1 Å². The number of nitro benzene ring substituents is 1. The van der Waals surface area contributed by atoms with E-state index in [1.54, 1.807) is 0 Å². The molecule has 1 aliphatic rings. The second kappa shape index (κ2) is 7.01. The van der Waals surface area contributed by atoms with Crippen LogP contribution < -0.4 is 10.7 Å². The number of amides is 4. The molecule has 4 amide bonds. The van der Waals surface area contributed by atoms with Crippen LogP contribution in [0.3, 0.4) is 0 Å². The number of non-ortho nitro benzene ring substituents is 1. The Morgan fingerprint density at radius 3 is 2.58 bits per heavy atom. The van der Waals surface area contributed by atoms with Crippen LogP contribution in [0.25, 0.3) is 0 Å². The molecule has 2 N–H and O–H groups in total. The van der Waals surface area contributed by atoms with E-state index in [4.69, 9.17) is 0 Å². The van der Waals surface area contributed by atoms with Gasteiger partial charge in [0.05, 0.1) is 4.92 Å². The molecule has 1 saturated heterocycles. The summed E-state index contributed by atoms with van der Waals surface area (Å²) in [6, 6.07) is 12.6. The van der Waals surface area contributed by atoms with Crippen molar-refractivity contribution >= 4 is 23.5 Å². The van der Waals surface area contributed by atoms with Crippen molar-refractivity contribution in [2.24, 2.45) is 0 Å². The average molecular weight is 354 g/mol. The van der Waals surface area contributed by atoms with Crippen molar-refractivity contribution in [1.82, 2.24) is 15.8 Å². The lowest BCUT2D eigenvalue weighted by Crippen LogP contribution is -2.46. The van der Waals surface area contributed by atoms with Gasteiger partial charge in [0.25, 0.3) is 17.5 Å². The lowest BCUT2D eigenvalue weighted by atomic mass is 10.1.